The lowest BCUT2D eigenvalue weighted by Gasteiger charge is -2.50. The molecule has 0 heterocycles. The van der Waals surface area contributed by atoms with Gasteiger partial charge in [0.05, 0.1) is 5.41 Å². The fourth-order valence-electron chi connectivity index (χ4n) is 2.78. The van der Waals surface area contributed by atoms with E-state index in [2.05, 4.69) is 15.9 Å². The predicted molar refractivity (Wildman–Crippen MR) is 54.0 cm³/mol. The van der Waals surface area contributed by atoms with Gasteiger partial charge >= 0.3 is 5.97 Å². The Morgan fingerprint density at radius 1 is 1.15 bits per heavy atom. The van der Waals surface area contributed by atoms with Gasteiger partial charge in [-0.3, -0.25) is 4.79 Å². The van der Waals surface area contributed by atoms with Crippen molar-refractivity contribution in [1.82, 2.24) is 0 Å². The molecule has 3 fully saturated rings. The van der Waals surface area contributed by atoms with Crippen LogP contribution in [-0.4, -0.2) is 16.4 Å². The molecule has 2 bridgehead atoms. The van der Waals surface area contributed by atoms with E-state index in [1.807, 2.05) is 0 Å². The zero-order valence-corrected chi connectivity index (χ0v) is 9.27. The van der Waals surface area contributed by atoms with Gasteiger partial charge in [-0.05, 0) is 43.9 Å². The topological polar surface area (TPSA) is 37.3 Å². The smallest absolute Gasteiger partial charge is 0.309 e. The maximum atomic E-state index is 11.1. The molecule has 2 nitrogen and oxygen atoms in total. The number of carbonyl (C=O) groups is 1. The molecule has 0 aliphatic heterocycles. The lowest BCUT2D eigenvalue weighted by Crippen LogP contribution is -2.46. The van der Waals surface area contributed by atoms with Gasteiger partial charge in [0.25, 0.3) is 0 Å². The average molecular weight is 247 g/mol. The molecule has 0 saturated heterocycles. The Morgan fingerprint density at radius 3 is 1.92 bits per heavy atom. The summed E-state index contributed by atoms with van der Waals surface area (Å²) in [4.78, 5) is 11.1. The highest BCUT2D eigenvalue weighted by molar-refractivity contribution is 9.09. The fourth-order valence-corrected chi connectivity index (χ4v) is 3.63. The van der Waals surface area contributed by atoms with Crippen LogP contribution < -0.4 is 0 Å². The van der Waals surface area contributed by atoms with Crippen LogP contribution in [0.5, 0.6) is 0 Å². The van der Waals surface area contributed by atoms with Crippen molar-refractivity contribution in [2.45, 2.75) is 38.5 Å². The first kappa shape index (κ1) is 9.50. The zero-order chi connectivity index (χ0) is 9.53. The summed E-state index contributed by atoms with van der Waals surface area (Å²) in [5.41, 5.74) is 0.0983. The summed E-state index contributed by atoms with van der Waals surface area (Å²) >= 11 is 3.56. The summed E-state index contributed by atoms with van der Waals surface area (Å²) in [7, 11) is 0. The number of hydrogen-bond donors (Lipinski definition) is 1. The van der Waals surface area contributed by atoms with Gasteiger partial charge < -0.3 is 5.11 Å². The minimum Gasteiger partial charge on any atom is -0.481 e. The molecule has 3 aliphatic rings. The highest BCUT2D eigenvalue weighted by Gasteiger charge is 2.51. The first-order chi connectivity index (χ1) is 6.13. The van der Waals surface area contributed by atoms with E-state index in [4.69, 9.17) is 5.11 Å². The molecule has 3 rings (SSSR count). The number of fused-ring (bicyclic) bond motifs is 3. The van der Waals surface area contributed by atoms with Gasteiger partial charge in [0.2, 0.25) is 0 Å². The highest BCUT2D eigenvalue weighted by Crippen LogP contribution is 2.57. The molecule has 1 N–H and O–H groups in total. The van der Waals surface area contributed by atoms with E-state index in [-0.39, 0.29) is 5.41 Å². The number of halogens is 1. The van der Waals surface area contributed by atoms with E-state index in [1.54, 1.807) is 0 Å². The van der Waals surface area contributed by atoms with Gasteiger partial charge in [0.1, 0.15) is 0 Å². The quantitative estimate of drug-likeness (QED) is 0.762. The monoisotopic (exact) mass is 246 g/mol. The highest BCUT2D eigenvalue weighted by atomic mass is 79.9. The van der Waals surface area contributed by atoms with Gasteiger partial charge in [-0.15, -0.1) is 0 Å². The molecular formula is C10H15BrO2. The SMILES string of the molecule is O=C(O)C12CCC(CBr)(CC1)CC2. The van der Waals surface area contributed by atoms with Crippen LogP contribution >= 0.6 is 15.9 Å². The molecular weight excluding hydrogens is 232 g/mol. The molecule has 0 atom stereocenters. The van der Waals surface area contributed by atoms with Gasteiger partial charge in [0.15, 0.2) is 0 Å². The third-order valence-corrected chi connectivity index (χ3v) is 5.33. The molecule has 0 spiro atoms. The molecule has 3 heteroatoms. The molecule has 74 valence electrons. The Bertz CT molecular complexity index is 213. The molecule has 0 aromatic rings. The Labute approximate surface area is 86.8 Å². The van der Waals surface area contributed by atoms with Crippen LogP contribution in [0.4, 0.5) is 0 Å². The van der Waals surface area contributed by atoms with Crippen LogP contribution in [0, 0.1) is 10.8 Å². The van der Waals surface area contributed by atoms with Crippen molar-refractivity contribution < 1.29 is 9.90 Å². The largest absolute Gasteiger partial charge is 0.481 e. The van der Waals surface area contributed by atoms with E-state index in [1.165, 1.54) is 0 Å². The van der Waals surface area contributed by atoms with Gasteiger partial charge in [-0.2, -0.15) is 0 Å². The number of alkyl halides is 1. The molecule has 3 saturated carbocycles. The number of aliphatic carboxylic acids is 1. The van der Waals surface area contributed by atoms with Crippen molar-refractivity contribution in [1.29, 1.82) is 0 Å². The lowest BCUT2D eigenvalue weighted by molar-refractivity contribution is -0.158. The lowest BCUT2D eigenvalue weighted by atomic mass is 9.54. The molecule has 0 unspecified atom stereocenters. The van der Waals surface area contributed by atoms with Gasteiger partial charge in [-0.25, -0.2) is 0 Å². The minimum atomic E-state index is -0.560. The molecule has 0 aromatic heterocycles. The van der Waals surface area contributed by atoms with Crippen LogP contribution in [-0.2, 0) is 4.79 Å². The Hall–Kier alpha value is -0.0500. The van der Waals surface area contributed by atoms with Crippen LogP contribution in [0.25, 0.3) is 0 Å². The van der Waals surface area contributed by atoms with Crippen LogP contribution in [0.1, 0.15) is 38.5 Å². The van der Waals surface area contributed by atoms with Gasteiger partial charge in [-0.1, -0.05) is 15.9 Å². The maximum absolute atomic E-state index is 11.1. The zero-order valence-electron chi connectivity index (χ0n) is 7.68. The summed E-state index contributed by atoms with van der Waals surface area (Å²) < 4.78 is 0. The molecule has 3 aliphatic carbocycles. The van der Waals surface area contributed by atoms with Crippen molar-refractivity contribution in [3.63, 3.8) is 0 Å². The van der Waals surface area contributed by atoms with Crippen molar-refractivity contribution in [3.8, 4) is 0 Å². The standard InChI is InChI=1S/C10H15BrO2/c11-7-9-1-4-10(5-2-9,6-3-9)8(12)13/h1-7H2,(H,12,13). The van der Waals surface area contributed by atoms with Crippen molar-refractivity contribution in [2.75, 3.05) is 5.33 Å². The number of rotatable bonds is 2. The molecule has 0 aromatic carbocycles. The second kappa shape index (κ2) is 2.97. The van der Waals surface area contributed by atoms with Crippen LogP contribution in [0.15, 0.2) is 0 Å². The Morgan fingerprint density at radius 2 is 1.62 bits per heavy atom. The normalized spacial score (nSPS) is 43.5. The van der Waals surface area contributed by atoms with Crippen molar-refractivity contribution in [3.05, 3.63) is 0 Å². The predicted octanol–water partition coefficient (Wildman–Crippen LogP) is 2.81. The van der Waals surface area contributed by atoms with Crippen molar-refractivity contribution >= 4 is 21.9 Å². The minimum absolute atomic E-state index is 0.343. The third-order valence-electron chi connectivity index (χ3n) is 4.14. The van der Waals surface area contributed by atoms with E-state index < -0.39 is 5.97 Å². The summed E-state index contributed by atoms with van der Waals surface area (Å²) in [6.45, 7) is 0. The van der Waals surface area contributed by atoms with E-state index in [0.717, 1.165) is 43.9 Å². The van der Waals surface area contributed by atoms with E-state index >= 15 is 0 Å². The maximum Gasteiger partial charge on any atom is 0.309 e. The van der Waals surface area contributed by atoms with Crippen LogP contribution in [0.2, 0.25) is 0 Å². The summed E-state index contributed by atoms with van der Waals surface area (Å²) in [6, 6.07) is 0. The summed E-state index contributed by atoms with van der Waals surface area (Å²) in [5.74, 6) is -0.560. The Kier molecular flexibility index (Phi) is 2.17. The Balaban J connectivity index is 2.16. The number of carboxylic acids is 1. The number of hydrogen-bond acceptors (Lipinski definition) is 1. The molecule has 0 amide bonds. The summed E-state index contributed by atoms with van der Waals surface area (Å²) in [5, 5.41) is 10.2. The van der Waals surface area contributed by atoms with E-state index in [9.17, 15) is 4.79 Å². The number of carboxylic acid groups (broad SMARTS) is 1. The first-order valence-electron chi connectivity index (χ1n) is 4.92. The molecule has 0 radical (unpaired) electrons. The average Bonchev–Trinajstić information content (AvgIpc) is 2.20. The van der Waals surface area contributed by atoms with Crippen molar-refractivity contribution in [2.24, 2.45) is 10.8 Å². The summed E-state index contributed by atoms with van der Waals surface area (Å²) in [6.07, 6.45) is 6.00. The second-order valence-corrected chi connectivity index (χ2v) is 5.28. The third kappa shape index (κ3) is 1.32. The first-order valence-corrected chi connectivity index (χ1v) is 6.04. The molecule has 13 heavy (non-hydrogen) atoms. The fraction of sp³-hybridized carbons (Fsp3) is 0.900. The second-order valence-electron chi connectivity index (χ2n) is 4.72. The van der Waals surface area contributed by atoms with E-state index in [0.29, 0.717) is 5.41 Å². The van der Waals surface area contributed by atoms with Gasteiger partial charge in [0, 0.05) is 5.33 Å². The van der Waals surface area contributed by atoms with Crippen LogP contribution in [0.3, 0.4) is 0 Å².